The van der Waals surface area contributed by atoms with Crippen molar-refractivity contribution in [2.24, 2.45) is 5.73 Å². The SMILES string of the molecule is CC(Cn1cccn1)NS(=O)(=O)c1cc(CN)oc1Br. The number of halogens is 1. The van der Waals surface area contributed by atoms with Gasteiger partial charge in [-0.15, -0.1) is 0 Å². The van der Waals surface area contributed by atoms with Crippen LogP contribution >= 0.6 is 15.9 Å². The molecule has 2 aromatic heterocycles. The third-order valence-electron chi connectivity index (χ3n) is 2.57. The Bertz CT molecular complexity index is 666. The standard InChI is InChI=1S/C11H15BrN4O3S/c1-8(7-16-4-2-3-14-16)15-20(17,18)10-5-9(6-13)19-11(10)12/h2-5,8,15H,6-7,13H2,1H3. The minimum atomic E-state index is -3.67. The monoisotopic (exact) mass is 362 g/mol. The van der Waals surface area contributed by atoms with E-state index in [0.717, 1.165) is 0 Å². The van der Waals surface area contributed by atoms with Crippen molar-refractivity contribution in [2.45, 2.75) is 31.0 Å². The molecular weight excluding hydrogens is 348 g/mol. The van der Waals surface area contributed by atoms with E-state index in [4.69, 9.17) is 10.2 Å². The van der Waals surface area contributed by atoms with Crippen LogP contribution in [0, 0.1) is 0 Å². The Morgan fingerprint density at radius 1 is 1.60 bits per heavy atom. The number of nitrogens with two attached hydrogens (primary N) is 1. The van der Waals surface area contributed by atoms with Gasteiger partial charge in [0.2, 0.25) is 10.0 Å². The third-order valence-corrected chi connectivity index (χ3v) is 5.02. The van der Waals surface area contributed by atoms with Crippen molar-refractivity contribution in [3.05, 3.63) is 35.0 Å². The summed E-state index contributed by atoms with van der Waals surface area (Å²) in [4.78, 5) is 0.0465. The quantitative estimate of drug-likeness (QED) is 0.799. The van der Waals surface area contributed by atoms with Gasteiger partial charge in [0.25, 0.3) is 0 Å². The van der Waals surface area contributed by atoms with E-state index in [1.165, 1.54) is 6.07 Å². The Kier molecular flexibility index (Phi) is 4.63. The molecule has 2 aromatic rings. The first kappa shape index (κ1) is 15.2. The van der Waals surface area contributed by atoms with Gasteiger partial charge < -0.3 is 10.2 Å². The molecule has 0 saturated carbocycles. The highest BCUT2D eigenvalue weighted by atomic mass is 79.9. The fourth-order valence-corrected chi connectivity index (χ4v) is 3.97. The van der Waals surface area contributed by atoms with E-state index < -0.39 is 10.0 Å². The summed E-state index contributed by atoms with van der Waals surface area (Å²) in [6.45, 7) is 2.33. The molecule has 1 atom stereocenters. The predicted molar refractivity (Wildman–Crippen MR) is 76.3 cm³/mol. The highest BCUT2D eigenvalue weighted by molar-refractivity contribution is 9.10. The molecular formula is C11H15BrN4O3S. The molecule has 0 radical (unpaired) electrons. The van der Waals surface area contributed by atoms with Gasteiger partial charge in [0.05, 0.1) is 13.1 Å². The van der Waals surface area contributed by atoms with Gasteiger partial charge in [-0.05, 0) is 28.9 Å². The molecule has 0 bridgehead atoms. The van der Waals surface area contributed by atoms with Gasteiger partial charge in [-0.3, -0.25) is 4.68 Å². The van der Waals surface area contributed by atoms with Crippen LogP contribution in [0.1, 0.15) is 12.7 Å². The Balaban J connectivity index is 2.12. The lowest BCUT2D eigenvalue weighted by Gasteiger charge is -2.13. The fourth-order valence-electron chi connectivity index (χ4n) is 1.74. The number of hydrogen-bond donors (Lipinski definition) is 2. The Morgan fingerprint density at radius 3 is 2.90 bits per heavy atom. The molecule has 0 aliphatic rings. The first-order valence-electron chi connectivity index (χ1n) is 5.90. The lowest BCUT2D eigenvalue weighted by atomic mass is 10.4. The summed E-state index contributed by atoms with van der Waals surface area (Å²) in [6.07, 6.45) is 3.41. The van der Waals surface area contributed by atoms with E-state index in [2.05, 4.69) is 25.8 Å². The molecule has 0 fully saturated rings. The number of nitrogens with one attached hydrogen (secondary N) is 1. The highest BCUT2D eigenvalue weighted by Crippen LogP contribution is 2.26. The normalized spacial score (nSPS) is 13.6. The molecule has 0 aliphatic carbocycles. The molecule has 3 N–H and O–H groups in total. The smallest absolute Gasteiger partial charge is 0.245 e. The topological polar surface area (TPSA) is 103 Å². The van der Waals surface area contributed by atoms with Crippen LogP contribution in [0.15, 0.2) is 38.5 Å². The predicted octanol–water partition coefficient (Wildman–Crippen LogP) is 1.06. The van der Waals surface area contributed by atoms with Crippen LogP contribution in [0.25, 0.3) is 0 Å². The van der Waals surface area contributed by atoms with Crippen LogP contribution in [0.2, 0.25) is 0 Å². The zero-order chi connectivity index (χ0) is 14.8. The minimum Gasteiger partial charge on any atom is -0.452 e. The van der Waals surface area contributed by atoms with Crippen LogP contribution in [-0.2, 0) is 23.1 Å². The molecule has 9 heteroatoms. The number of furan rings is 1. The van der Waals surface area contributed by atoms with Crippen LogP contribution in [0.3, 0.4) is 0 Å². The number of sulfonamides is 1. The van der Waals surface area contributed by atoms with Gasteiger partial charge in [0.15, 0.2) is 4.67 Å². The van der Waals surface area contributed by atoms with Gasteiger partial charge in [-0.25, -0.2) is 13.1 Å². The number of hydrogen-bond acceptors (Lipinski definition) is 5. The molecule has 0 amide bonds. The Morgan fingerprint density at radius 2 is 2.35 bits per heavy atom. The van der Waals surface area contributed by atoms with Gasteiger partial charge in [-0.1, -0.05) is 0 Å². The summed E-state index contributed by atoms with van der Waals surface area (Å²) in [5, 5.41) is 4.03. The van der Waals surface area contributed by atoms with Crippen molar-refractivity contribution in [3.63, 3.8) is 0 Å². The molecule has 0 aromatic carbocycles. The average molecular weight is 363 g/mol. The van der Waals surface area contributed by atoms with Crippen molar-refractivity contribution in [2.75, 3.05) is 0 Å². The van der Waals surface area contributed by atoms with Gasteiger partial charge in [0.1, 0.15) is 10.7 Å². The summed E-state index contributed by atoms with van der Waals surface area (Å²) < 4.78 is 34.1. The van der Waals surface area contributed by atoms with E-state index in [1.807, 2.05) is 0 Å². The van der Waals surface area contributed by atoms with Gasteiger partial charge >= 0.3 is 0 Å². The Labute approximate surface area is 125 Å². The first-order valence-corrected chi connectivity index (χ1v) is 8.18. The maximum absolute atomic E-state index is 12.2. The van der Waals surface area contributed by atoms with Crippen molar-refractivity contribution in [1.82, 2.24) is 14.5 Å². The molecule has 0 saturated heterocycles. The summed E-state index contributed by atoms with van der Waals surface area (Å²) in [5.74, 6) is 0.400. The van der Waals surface area contributed by atoms with Crippen LogP contribution in [0.4, 0.5) is 0 Å². The van der Waals surface area contributed by atoms with Crippen molar-refractivity contribution < 1.29 is 12.8 Å². The summed E-state index contributed by atoms with van der Waals surface area (Å²) in [7, 11) is -3.67. The molecule has 110 valence electrons. The molecule has 2 rings (SSSR count). The van der Waals surface area contributed by atoms with E-state index in [-0.39, 0.29) is 22.2 Å². The Hall–Kier alpha value is -1.16. The maximum atomic E-state index is 12.2. The average Bonchev–Trinajstić information content (AvgIpc) is 2.97. The largest absolute Gasteiger partial charge is 0.452 e. The molecule has 7 nitrogen and oxygen atoms in total. The number of nitrogens with zero attached hydrogens (tertiary/aromatic N) is 2. The van der Waals surface area contributed by atoms with Crippen LogP contribution in [0.5, 0.6) is 0 Å². The maximum Gasteiger partial charge on any atom is 0.245 e. The molecule has 0 spiro atoms. The number of rotatable bonds is 6. The third kappa shape index (κ3) is 3.48. The second-order valence-corrected chi connectivity index (χ2v) is 6.71. The van der Waals surface area contributed by atoms with Gasteiger partial charge in [-0.2, -0.15) is 5.10 Å². The highest BCUT2D eigenvalue weighted by Gasteiger charge is 2.24. The van der Waals surface area contributed by atoms with Crippen LogP contribution in [-0.4, -0.2) is 24.2 Å². The van der Waals surface area contributed by atoms with Crippen LogP contribution < -0.4 is 10.5 Å². The lowest BCUT2D eigenvalue weighted by Crippen LogP contribution is -2.35. The van der Waals surface area contributed by atoms with E-state index >= 15 is 0 Å². The molecule has 20 heavy (non-hydrogen) atoms. The van der Waals surface area contributed by atoms with E-state index in [1.54, 1.807) is 30.1 Å². The van der Waals surface area contributed by atoms with E-state index in [9.17, 15) is 8.42 Å². The zero-order valence-corrected chi connectivity index (χ0v) is 13.2. The minimum absolute atomic E-state index is 0.0465. The number of aromatic nitrogens is 2. The zero-order valence-electron chi connectivity index (χ0n) is 10.8. The van der Waals surface area contributed by atoms with E-state index in [0.29, 0.717) is 12.3 Å². The molecule has 1 unspecified atom stereocenters. The summed E-state index contributed by atoms with van der Waals surface area (Å²) in [6, 6.07) is 2.87. The fraction of sp³-hybridized carbons (Fsp3) is 0.364. The lowest BCUT2D eigenvalue weighted by molar-refractivity contribution is 0.478. The van der Waals surface area contributed by atoms with Crippen molar-refractivity contribution >= 4 is 26.0 Å². The van der Waals surface area contributed by atoms with Crippen molar-refractivity contribution in [1.29, 1.82) is 0 Å². The summed E-state index contributed by atoms with van der Waals surface area (Å²) >= 11 is 3.09. The first-order chi connectivity index (χ1) is 9.42. The summed E-state index contributed by atoms with van der Waals surface area (Å²) in [5.41, 5.74) is 5.43. The molecule has 0 aliphatic heterocycles. The molecule has 2 heterocycles. The second-order valence-electron chi connectivity index (χ2n) is 4.31. The van der Waals surface area contributed by atoms with Crippen molar-refractivity contribution in [3.8, 4) is 0 Å². The van der Waals surface area contributed by atoms with Gasteiger partial charge in [0, 0.05) is 24.5 Å². The second kappa shape index (κ2) is 6.08.